The van der Waals surface area contributed by atoms with Gasteiger partial charge in [-0.1, -0.05) is 80.1 Å². The maximum atomic E-state index is 13.1. The van der Waals surface area contributed by atoms with E-state index >= 15 is 0 Å². The Labute approximate surface area is 153 Å². The molecular weight excluding hydrogens is 319 g/mol. The summed E-state index contributed by atoms with van der Waals surface area (Å²) in [6.45, 7) is 2.21. The summed E-state index contributed by atoms with van der Waals surface area (Å²) in [5.41, 5.74) is 5.93. The lowest BCUT2D eigenvalue weighted by Gasteiger charge is -2.08. The van der Waals surface area contributed by atoms with Crippen LogP contribution >= 0.6 is 0 Å². The molecule has 4 rings (SSSR count). The molecule has 4 aromatic rings. The lowest BCUT2D eigenvalue weighted by atomic mass is 9.97. The lowest BCUT2D eigenvalue weighted by Crippen LogP contribution is -1.85. The van der Waals surface area contributed by atoms with Gasteiger partial charge in [0, 0.05) is 0 Å². The Hall–Kier alpha value is -2.93. The van der Waals surface area contributed by atoms with Gasteiger partial charge in [-0.3, -0.25) is 0 Å². The minimum atomic E-state index is -0.205. The molecule has 0 unspecified atom stereocenters. The van der Waals surface area contributed by atoms with Crippen molar-refractivity contribution >= 4 is 10.8 Å². The minimum Gasteiger partial charge on any atom is -0.207 e. The fourth-order valence-corrected chi connectivity index (χ4v) is 3.42. The summed E-state index contributed by atoms with van der Waals surface area (Å²) in [6, 6.07) is 28.5. The van der Waals surface area contributed by atoms with Crippen LogP contribution in [-0.4, -0.2) is 0 Å². The van der Waals surface area contributed by atoms with E-state index in [4.69, 9.17) is 0 Å². The molecule has 0 bridgehead atoms. The van der Waals surface area contributed by atoms with Crippen molar-refractivity contribution in [3.8, 4) is 22.3 Å². The minimum absolute atomic E-state index is 0.205. The topological polar surface area (TPSA) is 0 Å². The molecule has 0 N–H and O–H groups in total. The van der Waals surface area contributed by atoms with Gasteiger partial charge in [0.1, 0.15) is 5.82 Å². The molecule has 0 spiro atoms. The van der Waals surface area contributed by atoms with E-state index in [1.165, 1.54) is 46.0 Å². The second-order valence-electron chi connectivity index (χ2n) is 6.73. The van der Waals surface area contributed by atoms with Crippen LogP contribution < -0.4 is 0 Å². The third-order valence-corrected chi connectivity index (χ3v) is 4.84. The quantitative estimate of drug-likeness (QED) is 0.366. The molecule has 0 aliphatic heterocycles. The Bertz CT molecular complexity index is 1030. The molecule has 0 aliphatic carbocycles. The van der Waals surface area contributed by atoms with E-state index in [0.717, 1.165) is 17.5 Å². The zero-order valence-electron chi connectivity index (χ0n) is 14.9. The molecule has 0 saturated heterocycles. The van der Waals surface area contributed by atoms with Crippen molar-refractivity contribution in [1.82, 2.24) is 0 Å². The van der Waals surface area contributed by atoms with Crippen LogP contribution in [0, 0.1) is 5.82 Å². The molecule has 0 radical (unpaired) electrons. The zero-order chi connectivity index (χ0) is 17.9. The van der Waals surface area contributed by atoms with Crippen molar-refractivity contribution in [2.45, 2.75) is 19.8 Å². The smallest absolute Gasteiger partial charge is 0.123 e. The van der Waals surface area contributed by atoms with Gasteiger partial charge in [-0.25, -0.2) is 4.39 Å². The van der Waals surface area contributed by atoms with Crippen molar-refractivity contribution in [3.63, 3.8) is 0 Å². The van der Waals surface area contributed by atoms with Crippen LogP contribution in [0.2, 0.25) is 0 Å². The van der Waals surface area contributed by atoms with Gasteiger partial charge in [0.2, 0.25) is 0 Å². The van der Waals surface area contributed by atoms with E-state index < -0.39 is 0 Å². The molecule has 0 nitrogen and oxygen atoms in total. The third kappa shape index (κ3) is 3.39. The molecule has 0 heterocycles. The Kier molecular flexibility index (Phi) is 4.53. The third-order valence-electron chi connectivity index (χ3n) is 4.84. The molecule has 128 valence electrons. The van der Waals surface area contributed by atoms with Crippen molar-refractivity contribution in [3.05, 3.63) is 96.3 Å². The monoisotopic (exact) mass is 340 g/mol. The van der Waals surface area contributed by atoms with Gasteiger partial charge < -0.3 is 0 Å². The molecule has 26 heavy (non-hydrogen) atoms. The van der Waals surface area contributed by atoms with Gasteiger partial charge >= 0.3 is 0 Å². The average molecular weight is 340 g/mol. The van der Waals surface area contributed by atoms with Gasteiger partial charge in [0.05, 0.1) is 0 Å². The second-order valence-corrected chi connectivity index (χ2v) is 6.73. The van der Waals surface area contributed by atoms with Crippen molar-refractivity contribution in [2.24, 2.45) is 0 Å². The summed E-state index contributed by atoms with van der Waals surface area (Å²) in [6.07, 6.45) is 2.30. The zero-order valence-corrected chi connectivity index (χ0v) is 14.9. The van der Waals surface area contributed by atoms with E-state index in [1.807, 2.05) is 12.1 Å². The normalized spacial score (nSPS) is 11.0. The van der Waals surface area contributed by atoms with Crippen LogP contribution in [0.5, 0.6) is 0 Å². The number of halogens is 1. The maximum Gasteiger partial charge on any atom is 0.123 e. The van der Waals surface area contributed by atoms with Crippen molar-refractivity contribution in [1.29, 1.82) is 0 Å². The van der Waals surface area contributed by atoms with Crippen molar-refractivity contribution < 1.29 is 4.39 Å². The van der Waals surface area contributed by atoms with E-state index in [1.54, 1.807) is 0 Å². The SMILES string of the molecule is CCCc1ccc2cc(-c3ccc(-c4ccc(F)cc4)cc3)ccc2c1. The number of fused-ring (bicyclic) bond motifs is 1. The average Bonchev–Trinajstić information content (AvgIpc) is 2.69. The van der Waals surface area contributed by atoms with Crippen molar-refractivity contribution in [2.75, 3.05) is 0 Å². The highest BCUT2D eigenvalue weighted by atomic mass is 19.1. The van der Waals surface area contributed by atoms with Crippen LogP contribution in [0.3, 0.4) is 0 Å². The van der Waals surface area contributed by atoms with Gasteiger partial charge in [-0.15, -0.1) is 0 Å². The Morgan fingerprint density at radius 2 is 1.08 bits per heavy atom. The van der Waals surface area contributed by atoms with E-state index in [0.29, 0.717) is 0 Å². The summed E-state index contributed by atoms with van der Waals surface area (Å²) in [4.78, 5) is 0. The first-order valence-electron chi connectivity index (χ1n) is 9.12. The number of rotatable bonds is 4. The number of hydrogen-bond donors (Lipinski definition) is 0. The molecule has 4 aromatic carbocycles. The first kappa shape index (κ1) is 16.5. The lowest BCUT2D eigenvalue weighted by molar-refractivity contribution is 0.628. The summed E-state index contributed by atoms with van der Waals surface area (Å²) in [5, 5.41) is 2.56. The highest BCUT2D eigenvalue weighted by Gasteiger charge is 2.03. The summed E-state index contributed by atoms with van der Waals surface area (Å²) >= 11 is 0. The molecular formula is C25H21F. The molecule has 0 saturated carbocycles. The van der Waals surface area contributed by atoms with Crippen LogP contribution in [-0.2, 0) is 6.42 Å². The largest absolute Gasteiger partial charge is 0.207 e. The van der Waals surface area contributed by atoms with Crippen LogP contribution in [0.1, 0.15) is 18.9 Å². The van der Waals surface area contributed by atoms with Crippen LogP contribution in [0.4, 0.5) is 4.39 Å². The first-order chi connectivity index (χ1) is 12.7. The first-order valence-corrected chi connectivity index (χ1v) is 9.12. The van der Waals surface area contributed by atoms with Crippen LogP contribution in [0.15, 0.2) is 84.9 Å². The van der Waals surface area contributed by atoms with Gasteiger partial charge in [0.15, 0.2) is 0 Å². The summed E-state index contributed by atoms with van der Waals surface area (Å²) in [5.74, 6) is -0.205. The number of hydrogen-bond acceptors (Lipinski definition) is 0. The molecule has 0 aliphatic rings. The molecule has 1 heteroatoms. The second kappa shape index (κ2) is 7.13. The predicted molar refractivity (Wildman–Crippen MR) is 109 cm³/mol. The highest BCUT2D eigenvalue weighted by Crippen LogP contribution is 2.28. The highest BCUT2D eigenvalue weighted by molar-refractivity contribution is 5.88. The van der Waals surface area contributed by atoms with Gasteiger partial charge in [0.25, 0.3) is 0 Å². The molecule has 0 amide bonds. The van der Waals surface area contributed by atoms with E-state index in [9.17, 15) is 4.39 Å². The standard InChI is InChI=1S/C25H21F/c1-2-3-18-4-5-24-17-23(11-10-22(24)16-18)21-8-6-19(7-9-21)20-12-14-25(26)15-13-20/h4-17H,2-3H2,1H3. The van der Waals surface area contributed by atoms with Gasteiger partial charge in [-0.05, 0) is 63.2 Å². The summed E-state index contributed by atoms with van der Waals surface area (Å²) < 4.78 is 13.1. The fourth-order valence-electron chi connectivity index (χ4n) is 3.42. The van der Waals surface area contributed by atoms with E-state index in [-0.39, 0.29) is 5.82 Å². The number of benzene rings is 4. The molecule has 0 atom stereocenters. The maximum absolute atomic E-state index is 13.1. The van der Waals surface area contributed by atoms with Gasteiger partial charge in [-0.2, -0.15) is 0 Å². The number of aryl methyl sites for hydroxylation is 1. The Morgan fingerprint density at radius 3 is 1.73 bits per heavy atom. The molecule has 0 aromatic heterocycles. The Morgan fingerprint density at radius 1 is 0.577 bits per heavy atom. The summed E-state index contributed by atoms with van der Waals surface area (Å²) in [7, 11) is 0. The fraction of sp³-hybridized carbons (Fsp3) is 0.120. The predicted octanol–water partition coefficient (Wildman–Crippen LogP) is 7.27. The van der Waals surface area contributed by atoms with E-state index in [2.05, 4.69) is 67.6 Å². The molecule has 0 fully saturated rings. The van der Waals surface area contributed by atoms with Crippen LogP contribution in [0.25, 0.3) is 33.0 Å². The Balaban J connectivity index is 1.64.